The molecule has 0 N–H and O–H groups in total. The summed E-state index contributed by atoms with van der Waals surface area (Å²) in [6.07, 6.45) is 14.7. The zero-order chi connectivity index (χ0) is 10.3. The molecule has 0 saturated heterocycles. The fourth-order valence-corrected chi connectivity index (χ4v) is 3.45. The lowest BCUT2D eigenvalue weighted by molar-refractivity contribution is 0.478. The Balaban J connectivity index is 1.92. The lowest BCUT2D eigenvalue weighted by Crippen LogP contribution is -2.20. The van der Waals surface area contributed by atoms with Crippen molar-refractivity contribution >= 4 is 0 Å². The molecule has 0 aromatic heterocycles. The van der Waals surface area contributed by atoms with Gasteiger partial charge in [0.05, 0.1) is 0 Å². The summed E-state index contributed by atoms with van der Waals surface area (Å²) in [5.41, 5.74) is 4.76. The largest absolute Gasteiger partial charge is 0.0955 e. The second-order valence-electron chi connectivity index (χ2n) is 5.32. The van der Waals surface area contributed by atoms with E-state index in [4.69, 9.17) is 0 Å². The zero-order valence-corrected chi connectivity index (χ0v) is 9.47. The van der Waals surface area contributed by atoms with Crippen LogP contribution in [0, 0.1) is 11.8 Å². The van der Waals surface area contributed by atoms with Crippen LogP contribution >= 0.6 is 0 Å². The van der Waals surface area contributed by atoms with Gasteiger partial charge < -0.3 is 0 Å². The van der Waals surface area contributed by atoms with E-state index in [-0.39, 0.29) is 0 Å². The summed E-state index contributed by atoms with van der Waals surface area (Å²) >= 11 is 0. The minimum atomic E-state index is 0.732. The molecule has 2 atom stereocenters. The highest BCUT2D eigenvalue weighted by Crippen LogP contribution is 2.43. The Morgan fingerprint density at radius 2 is 1.80 bits per heavy atom. The van der Waals surface area contributed by atoms with E-state index in [1.165, 1.54) is 50.5 Å². The highest BCUT2D eigenvalue weighted by Gasteiger charge is 2.28. The van der Waals surface area contributed by atoms with Crippen LogP contribution in [0.15, 0.2) is 35.5 Å². The Morgan fingerprint density at radius 3 is 2.73 bits per heavy atom. The van der Waals surface area contributed by atoms with Crippen molar-refractivity contribution in [1.29, 1.82) is 0 Å². The Labute approximate surface area is 92.8 Å². The monoisotopic (exact) mass is 200 g/mol. The quantitative estimate of drug-likeness (QED) is 0.508. The summed E-state index contributed by atoms with van der Waals surface area (Å²) in [5.74, 6) is 1.51. The Bertz CT molecular complexity index is 343. The van der Waals surface area contributed by atoms with Gasteiger partial charge in [-0.1, -0.05) is 36.3 Å². The molecule has 2 saturated carbocycles. The first-order chi connectivity index (χ1) is 7.34. The van der Waals surface area contributed by atoms with Gasteiger partial charge in [-0.05, 0) is 50.0 Å². The van der Waals surface area contributed by atoms with Crippen LogP contribution in [-0.4, -0.2) is 0 Å². The van der Waals surface area contributed by atoms with Gasteiger partial charge in [0.2, 0.25) is 0 Å². The summed E-state index contributed by atoms with van der Waals surface area (Å²) in [5, 5.41) is 0. The molecule has 0 aliphatic heterocycles. The van der Waals surface area contributed by atoms with Crippen LogP contribution in [-0.2, 0) is 0 Å². The topological polar surface area (TPSA) is 0 Å². The standard InChI is InChI=1S/C15H20/c1-11-5-4-8-14-9-12-6-2-3-7-13(12)10-15(11)14/h9-10,13-14H,1-8H2. The van der Waals surface area contributed by atoms with Crippen LogP contribution in [0.4, 0.5) is 0 Å². The number of hydrogen-bond acceptors (Lipinski definition) is 0. The van der Waals surface area contributed by atoms with Gasteiger partial charge in [-0.25, -0.2) is 0 Å². The van der Waals surface area contributed by atoms with Crippen molar-refractivity contribution in [1.82, 2.24) is 0 Å². The van der Waals surface area contributed by atoms with E-state index in [0.29, 0.717) is 0 Å². The Morgan fingerprint density at radius 1 is 0.933 bits per heavy atom. The lowest BCUT2D eigenvalue weighted by Gasteiger charge is -2.35. The second-order valence-corrected chi connectivity index (χ2v) is 5.32. The van der Waals surface area contributed by atoms with Crippen molar-refractivity contribution in [3.63, 3.8) is 0 Å². The SMILES string of the molecule is C=C1CCCC2C=C3CCCCC3C=C12. The molecule has 3 aliphatic carbocycles. The van der Waals surface area contributed by atoms with Crippen LogP contribution in [0.25, 0.3) is 0 Å². The molecule has 0 bridgehead atoms. The first-order valence-electron chi connectivity index (χ1n) is 6.45. The van der Waals surface area contributed by atoms with Gasteiger partial charge in [-0.3, -0.25) is 0 Å². The van der Waals surface area contributed by atoms with Crippen LogP contribution in [0.2, 0.25) is 0 Å². The molecule has 0 aromatic carbocycles. The molecule has 0 spiro atoms. The molecule has 0 aromatic rings. The van der Waals surface area contributed by atoms with Gasteiger partial charge in [0.25, 0.3) is 0 Å². The van der Waals surface area contributed by atoms with Crippen molar-refractivity contribution in [2.45, 2.75) is 44.9 Å². The number of hydrogen-bond donors (Lipinski definition) is 0. The minimum Gasteiger partial charge on any atom is -0.0955 e. The first-order valence-corrected chi connectivity index (χ1v) is 6.45. The molecular formula is C15H20. The molecule has 80 valence electrons. The fourth-order valence-electron chi connectivity index (χ4n) is 3.45. The molecule has 0 nitrogen and oxygen atoms in total. The zero-order valence-electron chi connectivity index (χ0n) is 9.47. The summed E-state index contributed by atoms with van der Waals surface area (Å²) in [6.45, 7) is 4.24. The third kappa shape index (κ3) is 1.60. The molecule has 3 rings (SSSR count). The highest BCUT2D eigenvalue weighted by atomic mass is 14.3. The average molecular weight is 200 g/mol. The van der Waals surface area contributed by atoms with Gasteiger partial charge in [0.1, 0.15) is 0 Å². The maximum Gasteiger partial charge on any atom is 0.00205 e. The van der Waals surface area contributed by atoms with Crippen LogP contribution in [0.1, 0.15) is 44.9 Å². The summed E-state index contributed by atoms with van der Waals surface area (Å²) in [7, 11) is 0. The fraction of sp³-hybridized carbons (Fsp3) is 0.600. The van der Waals surface area contributed by atoms with E-state index in [9.17, 15) is 0 Å². The molecular weight excluding hydrogens is 180 g/mol. The molecule has 0 heterocycles. The smallest absolute Gasteiger partial charge is 0.00205 e. The third-order valence-electron chi connectivity index (χ3n) is 4.30. The third-order valence-corrected chi connectivity index (χ3v) is 4.30. The van der Waals surface area contributed by atoms with Crippen LogP contribution in [0.5, 0.6) is 0 Å². The molecule has 0 radical (unpaired) electrons. The van der Waals surface area contributed by atoms with E-state index in [1.54, 1.807) is 11.1 Å². The minimum absolute atomic E-state index is 0.732. The maximum atomic E-state index is 4.24. The molecule has 2 fully saturated rings. The van der Waals surface area contributed by atoms with Gasteiger partial charge in [0.15, 0.2) is 0 Å². The number of fused-ring (bicyclic) bond motifs is 2. The van der Waals surface area contributed by atoms with E-state index in [0.717, 1.165) is 11.8 Å². The van der Waals surface area contributed by atoms with E-state index in [2.05, 4.69) is 18.7 Å². The Hall–Kier alpha value is -0.780. The van der Waals surface area contributed by atoms with E-state index >= 15 is 0 Å². The molecule has 2 unspecified atom stereocenters. The summed E-state index contributed by atoms with van der Waals surface area (Å²) in [6, 6.07) is 0. The van der Waals surface area contributed by atoms with E-state index < -0.39 is 0 Å². The molecule has 15 heavy (non-hydrogen) atoms. The second kappa shape index (κ2) is 3.66. The van der Waals surface area contributed by atoms with Gasteiger partial charge in [0, 0.05) is 5.92 Å². The van der Waals surface area contributed by atoms with E-state index in [1.807, 2.05) is 0 Å². The van der Waals surface area contributed by atoms with Crippen molar-refractivity contribution in [3.05, 3.63) is 35.5 Å². The lowest BCUT2D eigenvalue weighted by atomic mass is 9.70. The van der Waals surface area contributed by atoms with Crippen LogP contribution in [0.3, 0.4) is 0 Å². The van der Waals surface area contributed by atoms with Gasteiger partial charge >= 0.3 is 0 Å². The van der Waals surface area contributed by atoms with Crippen molar-refractivity contribution in [2.75, 3.05) is 0 Å². The average Bonchev–Trinajstić information content (AvgIpc) is 2.27. The predicted octanol–water partition coefficient (Wildman–Crippen LogP) is 4.40. The Kier molecular flexibility index (Phi) is 2.31. The van der Waals surface area contributed by atoms with Crippen molar-refractivity contribution in [2.24, 2.45) is 11.8 Å². The highest BCUT2D eigenvalue weighted by molar-refractivity contribution is 5.41. The number of allylic oxidation sites excluding steroid dienone is 5. The number of rotatable bonds is 0. The van der Waals surface area contributed by atoms with Gasteiger partial charge in [-0.15, -0.1) is 0 Å². The summed E-state index contributed by atoms with van der Waals surface area (Å²) in [4.78, 5) is 0. The normalized spacial score (nSPS) is 35.1. The van der Waals surface area contributed by atoms with Crippen LogP contribution < -0.4 is 0 Å². The van der Waals surface area contributed by atoms with Crippen molar-refractivity contribution < 1.29 is 0 Å². The van der Waals surface area contributed by atoms with Crippen molar-refractivity contribution in [3.8, 4) is 0 Å². The van der Waals surface area contributed by atoms with Gasteiger partial charge in [-0.2, -0.15) is 0 Å². The summed E-state index contributed by atoms with van der Waals surface area (Å²) < 4.78 is 0. The molecule has 3 aliphatic rings. The maximum absolute atomic E-state index is 4.24. The predicted molar refractivity (Wildman–Crippen MR) is 64.6 cm³/mol. The first kappa shape index (κ1) is 9.45. The molecule has 0 amide bonds. The molecule has 0 heteroatoms.